The van der Waals surface area contributed by atoms with E-state index in [0.717, 1.165) is 36.6 Å². The van der Waals surface area contributed by atoms with E-state index in [0.29, 0.717) is 12.1 Å². The number of aromatic nitrogens is 1. The fourth-order valence-corrected chi connectivity index (χ4v) is 6.53. The molecule has 5 saturated heterocycles. The van der Waals surface area contributed by atoms with E-state index in [-0.39, 0.29) is 36.2 Å². The monoisotopic (exact) mass is 502 g/mol. The van der Waals surface area contributed by atoms with Crippen molar-refractivity contribution >= 4 is 22.8 Å². The Kier molecular flexibility index (Phi) is 6.02. The molecule has 0 radical (unpaired) electrons. The first-order chi connectivity index (χ1) is 17.3. The number of H-pyrrole nitrogens is 1. The van der Waals surface area contributed by atoms with Crippen LogP contribution in [0.3, 0.4) is 0 Å². The van der Waals surface area contributed by atoms with Gasteiger partial charge in [0, 0.05) is 48.6 Å². The van der Waals surface area contributed by atoms with Crippen molar-refractivity contribution in [2.75, 3.05) is 6.54 Å². The number of fused-ring (bicyclic) bond motifs is 2. The summed E-state index contributed by atoms with van der Waals surface area (Å²) >= 11 is 0. The lowest BCUT2D eigenvalue weighted by atomic mass is 9.71. The van der Waals surface area contributed by atoms with E-state index in [4.69, 9.17) is 14.2 Å². The number of nitrogens with one attached hydrogen (secondary N) is 1. The van der Waals surface area contributed by atoms with Gasteiger partial charge in [0.1, 0.15) is 24.4 Å². The van der Waals surface area contributed by atoms with Crippen LogP contribution in [0.5, 0.6) is 0 Å². The Morgan fingerprint density at radius 1 is 1.00 bits per heavy atom. The first-order valence-electron chi connectivity index (χ1n) is 12.4. The van der Waals surface area contributed by atoms with Crippen LogP contribution < -0.4 is 0 Å². The molecule has 5 N–H and O–H groups in total. The van der Waals surface area contributed by atoms with Gasteiger partial charge >= 0.3 is 11.9 Å². The van der Waals surface area contributed by atoms with Gasteiger partial charge in [-0.15, -0.1) is 0 Å². The van der Waals surface area contributed by atoms with Gasteiger partial charge in [-0.3, -0.25) is 4.90 Å². The predicted molar refractivity (Wildman–Crippen MR) is 123 cm³/mol. The third-order valence-corrected chi connectivity index (χ3v) is 8.28. The summed E-state index contributed by atoms with van der Waals surface area (Å²) in [5, 5.41) is 40.4. The molecule has 6 heterocycles. The number of hydrogen-bond acceptors (Lipinski definition) is 9. The number of carbonyl (C=O) groups is 2. The first kappa shape index (κ1) is 23.8. The number of aliphatic carboxylic acids is 1. The van der Waals surface area contributed by atoms with Crippen LogP contribution in [0, 0.1) is 5.92 Å². The quantitative estimate of drug-likeness (QED) is 0.358. The molecule has 194 valence electrons. The lowest BCUT2D eigenvalue weighted by Crippen LogP contribution is -2.67. The summed E-state index contributed by atoms with van der Waals surface area (Å²) in [7, 11) is 0. The highest BCUT2D eigenvalue weighted by atomic mass is 16.7. The fourth-order valence-electron chi connectivity index (χ4n) is 6.53. The van der Waals surface area contributed by atoms with Crippen LogP contribution >= 0.6 is 0 Å². The second kappa shape index (κ2) is 9.09. The smallest absolute Gasteiger partial charge is 0.340 e. The lowest BCUT2D eigenvalue weighted by Gasteiger charge is -2.58. The molecule has 11 heteroatoms. The van der Waals surface area contributed by atoms with Gasteiger partial charge < -0.3 is 39.6 Å². The number of ether oxygens (including phenoxy) is 3. The number of carbonyl (C=O) groups excluding carboxylic acids is 1. The molecule has 4 bridgehead atoms. The summed E-state index contributed by atoms with van der Waals surface area (Å²) in [5.74, 6) is -1.59. The zero-order valence-corrected chi connectivity index (χ0v) is 19.5. The number of carboxylic acids is 1. The van der Waals surface area contributed by atoms with Crippen LogP contribution in [0.25, 0.3) is 10.9 Å². The van der Waals surface area contributed by atoms with E-state index in [2.05, 4.69) is 9.88 Å². The van der Waals surface area contributed by atoms with Gasteiger partial charge in [0.2, 0.25) is 0 Å². The maximum absolute atomic E-state index is 12.9. The summed E-state index contributed by atoms with van der Waals surface area (Å²) in [5.41, 5.74) is 1.43. The molecule has 11 nitrogen and oxygen atoms in total. The van der Waals surface area contributed by atoms with Gasteiger partial charge in [-0.1, -0.05) is 18.2 Å². The summed E-state index contributed by atoms with van der Waals surface area (Å²) in [6.45, 7) is 0.575. The number of rotatable bonds is 5. The number of esters is 1. The number of para-hydroxylation sites is 1. The maximum atomic E-state index is 12.9. The Bertz CT molecular complexity index is 1140. The average molecular weight is 503 g/mol. The van der Waals surface area contributed by atoms with E-state index < -0.39 is 36.7 Å². The van der Waals surface area contributed by atoms with Crippen molar-refractivity contribution in [1.29, 1.82) is 0 Å². The minimum Gasteiger partial charge on any atom is -0.479 e. The average Bonchev–Trinajstić information content (AvgIpc) is 3.28. The van der Waals surface area contributed by atoms with E-state index in [9.17, 15) is 30.0 Å². The number of aromatic amines is 1. The number of hydrogen-bond donors (Lipinski definition) is 5. The van der Waals surface area contributed by atoms with Gasteiger partial charge in [0.15, 0.2) is 12.4 Å². The number of aliphatic hydroxyl groups excluding tert-OH is 3. The Labute approximate surface area is 206 Å². The van der Waals surface area contributed by atoms with Crippen molar-refractivity contribution in [1.82, 2.24) is 9.88 Å². The Morgan fingerprint density at radius 2 is 1.72 bits per heavy atom. The lowest BCUT2D eigenvalue weighted by molar-refractivity contribution is -0.317. The molecule has 0 aliphatic carbocycles. The Balaban J connectivity index is 1.08. The fraction of sp³-hybridized carbons (Fsp3) is 0.600. The summed E-state index contributed by atoms with van der Waals surface area (Å²) in [6, 6.07) is 8.09. The summed E-state index contributed by atoms with van der Waals surface area (Å²) in [6.07, 6.45) is -3.71. The molecule has 0 amide bonds. The largest absolute Gasteiger partial charge is 0.479 e. The maximum Gasteiger partial charge on any atom is 0.340 e. The van der Waals surface area contributed by atoms with Crippen LogP contribution in [-0.4, -0.2) is 104 Å². The van der Waals surface area contributed by atoms with Crippen molar-refractivity contribution < 1.29 is 44.2 Å². The van der Waals surface area contributed by atoms with E-state index in [1.54, 1.807) is 6.20 Å². The van der Waals surface area contributed by atoms with Crippen LogP contribution in [0.4, 0.5) is 0 Å². The minimum atomic E-state index is -1.74. The predicted octanol–water partition coefficient (Wildman–Crippen LogP) is 0.227. The summed E-state index contributed by atoms with van der Waals surface area (Å²) < 4.78 is 17.2. The molecular formula is C25H30N2O9. The number of carboxylic acid groups (broad SMARTS) is 1. The van der Waals surface area contributed by atoms with Gasteiger partial charge in [-0.05, 0) is 24.8 Å². The van der Waals surface area contributed by atoms with E-state index >= 15 is 0 Å². The number of aliphatic hydroxyl groups is 3. The highest BCUT2D eigenvalue weighted by molar-refractivity contribution is 6.04. The Morgan fingerprint density at radius 3 is 2.42 bits per heavy atom. The molecule has 5 aliphatic rings. The number of piperidine rings is 4. The zero-order chi connectivity index (χ0) is 25.1. The molecule has 7 rings (SSSR count). The molecule has 36 heavy (non-hydrogen) atoms. The third kappa shape index (κ3) is 4.00. The van der Waals surface area contributed by atoms with Crippen LogP contribution in [-0.2, 0) is 19.0 Å². The molecule has 0 saturated carbocycles. The first-order valence-corrected chi connectivity index (χ1v) is 12.4. The summed E-state index contributed by atoms with van der Waals surface area (Å²) in [4.78, 5) is 29.7. The normalized spacial score (nSPS) is 41.8. The second-order valence-electron chi connectivity index (χ2n) is 10.4. The topological polar surface area (TPSA) is 162 Å². The van der Waals surface area contributed by atoms with Crippen molar-refractivity contribution in [3.8, 4) is 0 Å². The highest BCUT2D eigenvalue weighted by Crippen LogP contribution is 2.45. The molecule has 1 aromatic heterocycles. The molecule has 11 atom stereocenters. The molecular weight excluding hydrogens is 472 g/mol. The minimum absolute atomic E-state index is 0.165. The van der Waals surface area contributed by atoms with Gasteiger partial charge in [-0.25, -0.2) is 9.59 Å². The second-order valence-corrected chi connectivity index (χ2v) is 10.4. The molecule has 0 spiro atoms. The Hall–Kier alpha value is -2.54. The van der Waals surface area contributed by atoms with Gasteiger partial charge in [0.25, 0.3) is 0 Å². The third-order valence-electron chi connectivity index (χ3n) is 8.28. The van der Waals surface area contributed by atoms with Gasteiger partial charge in [0.05, 0.1) is 11.7 Å². The van der Waals surface area contributed by atoms with Crippen molar-refractivity contribution in [3.63, 3.8) is 0 Å². The van der Waals surface area contributed by atoms with Crippen LogP contribution in [0.1, 0.15) is 36.0 Å². The zero-order valence-electron chi connectivity index (χ0n) is 19.5. The molecule has 5 aliphatic heterocycles. The van der Waals surface area contributed by atoms with Crippen molar-refractivity contribution in [3.05, 3.63) is 36.0 Å². The van der Waals surface area contributed by atoms with E-state index in [1.165, 1.54) is 0 Å². The number of nitrogens with zero attached hydrogens (tertiary/aromatic N) is 1. The molecule has 5 fully saturated rings. The van der Waals surface area contributed by atoms with Crippen molar-refractivity contribution in [2.24, 2.45) is 5.92 Å². The standard InChI is InChI=1S/C25H30N2O9/c28-19-20(29)22(23(31)32)36-25(21(19)30)35-18-10-27-12-5-11(18)6-13(27)8-14(7-12)34-24(33)16-9-26-17-4-2-1-3-15(16)17/h1-4,9,11-14,18-22,25-26,28-30H,5-8,10H2,(H,31,32)/t11?,12-,13+,14?,18-,19-,20-,21+,22-,25+/m0/s1. The molecule has 3 unspecified atom stereocenters. The van der Waals surface area contributed by atoms with Crippen LogP contribution in [0.2, 0.25) is 0 Å². The SMILES string of the molecule is O=C(OC1C[C@@H]2CC3C[C@H](C1)N2C[C@@H]3O[C@@H]1O[C@H](C(=O)O)[C@@H](O)[C@H](O)[C@H]1O)c1c[nH]c2ccccc12. The van der Waals surface area contributed by atoms with E-state index in [1.807, 2.05) is 24.3 Å². The molecule has 1 aromatic carbocycles. The highest BCUT2D eigenvalue weighted by Gasteiger charge is 2.53. The number of benzene rings is 1. The van der Waals surface area contributed by atoms with Crippen molar-refractivity contribution in [2.45, 2.75) is 80.7 Å². The van der Waals surface area contributed by atoms with Gasteiger partial charge in [-0.2, -0.15) is 0 Å². The molecule has 2 aromatic rings. The van der Waals surface area contributed by atoms with Crippen LogP contribution in [0.15, 0.2) is 30.5 Å².